The van der Waals surface area contributed by atoms with Crippen LogP contribution < -0.4 is 0 Å². The number of hydrogen-bond donors (Lipinski definition) is 2. The van der Waals surface area contributed by atoms with Gasteiger partial charge in [0, 0.05) is 19.3 Å². The number of unbranched alkanes of at least 4 members (excludes halogenated alkanes) is 37. The van der Waals surface area contributed by atoms with Gasteiger partial charge in [0.15, 0.2) is 6.10 Å². The Morgan fingerprint density at radius 1 is 0.368 bits per heavy atom. The number of rotatable bonds is 60. The van der Waals surface area contributed by atoms with Crippen molar-refractivity contribution in [1.82, 2.24) is 0 Å². The van der Waals surface area contributed by atoms with Crippen LogP contribution in [-0.2, 0) is 42.2 Å². The molecule has 11 nitrogen and oxygen atoms in total. The molecular formula is C64H119O11P. The van der Waals surface area contributed by atoms with E-state index in [-0.39, 0.29) is 25.9 Å². The van der Waals surface area contributed by atoms with Gasteiger partial charge in [-0.15, -0.1) is 0 Å². The van der Waals surface area contributed by atoms with Crippen molar-refractivity contribution in [2.45, 2.75) is 328 Å². The van der Waals surface area contributed by atoms with Crippen molar-refractivity contribution in [3.8, 4) is 0 Å². The highest BCUT2D eigenvalue weighted by atomic mass is 31.2. The van der Waals surface area contributed by atoms with Crippen LogP contribution in [0.3, 0.4) is 0 Å². The summed E-state index contributed by atoms with van der Waals surface area (Å²) in [5.74, 6) is -1.45. The van der Waals surface area contributed by atoms with Crippen molar-refractivity contribution in [2.75, 3.05) is 26.4 Å². The molecule has 76 heavy (non-hydrogen) atoms. The standard InChI is InChI=1S/C64H119O11P/c1-4-7-10-13-16-19-22-25-27-29-30-32-34-37-40-43-46-49-52-55-64(68)75-61(57-71-62(66)53-50-47-44-41-38-36-33-31-28-26-23-20-17-14-11-8-5-2)59-73-76(69,70)72-58-60(56-65)74-63(67)54-51-48-45-42-39-35-24-21-18-15-12-9-6-3/h16,19,21,24-25,27,60-61,65H,4-15,17-18,20,22-23,26,28-59H2,1-3H3,(H,69,70)/b19-16-,24-21-,27-25-. The predicted molar refractivity (Wildman–Crippen MR) is 316 cm³/mol. The lowest BCUT2D eigenvalue weighted by Gasteiger charge is -2.21. The highest BCUT2D eigenvalue weighted by Gasteiger charge is 2.28. The summed E-state index contributed by atoms with van der Waals surface area (Å²) >= 11 is 0. The molecule has 0 aromatic rings. The second kappa shape index (κ2) is 58.8. The maximum absolute atomic E-state index is 12.9. The van der Waals surface area contributed by atoms with Gasteiger partial charge in [-0.3, -0.25) is 23.4 Å². The quantitative estimate of drug-likeness (QED) is 0.0197. The number of phosphoric ester groups is 1. The molecule has 0 amide bonds. The van der Waals surface area contributed by atoms with Crippen LogP contribution >= 0.6 is 7.82 Å². The van der Waals surface area contributed by atoms with Gasteiger partial charge in [0.2, 0.25) is 0 Å². The monoisotopic (exact) mass is 1090 g/mol. The fourth-order valence-corrected chi connectivity index (χ4v) is 9.93. The molecule has 0 aliphatic rings. The number of carbonyl (C=O) groups excluding carboxylic acids is 3. The van der Waals surface area contributed by atoms with E-state index in [1.54, 1.807) is 0 Å². The summed E-state index contributed by atoms with van der Waals surface area (Å²) in [6.07, 6.45) is 62.3. The summed E-state index contributed by atoms with van der Waals surface area (Å²) in [5.41, 5.74) is 0. The van der Waals surface area contributed by atoms with Crippen molar-refractivity contribution in [1.29, 1.82) is 0 Å². The van der Waals surface area contributed by atoms with Crippen LogP contribution in [0.4, 0.5) is 0 Å². The molecule has 0 spiro atoms. The van der Waals surface area contributed by atoms with Crippen LogP contribution in [0.5, 0.6) is 0 Å². The van der Waals surface area contributed by atoms with Gasteiger partial charge >= 0.3 is 25.7 Å². The number of carbonyl (C=O) groups is 3. The Hall–Kier alpha value is -2.30. The van der Waals surface area contributed by atoms with E-state index in [1.165, 1.54) is 167 Å². The molecule has 0 rings (SSSR count). The minimum Gasteiger partial charge on any atom is -0.462 e. The first-order chi connectivity index (χ1) is 37.2. The molecule has 0 saturated carbocycles. The molecule has 2 N–H and O–H groups in total. The predicted octanol–water partition coefficient (Wildman–Crippen LogP) is 19.2. The zero-order valence-electron chi connectivity index (χ0n) is 49.5. The summed E-state index contributed by atoms with van der Waals surface area (Å²) in [6, 6.07) is 0. The van der Waals surface area contributed by atoms with E-state index in [9.17, 15) is 28.9 Å². The van der Waals surface area contributed by atoms with Gasteiger partial charge in [-0.1, -0.05) is 256 Å². The van der Waals surface area contributed by atoms with E-state index in [4.69, 9.17) is 23.3 Å². The maximum atomic E-state index is 12.9. The summed E-state index contributed by atoms with van der Waals surface area (Å²) in [6.45, 7) is 4.66. The number of aliphatic hydroxyl groups excluding tert-OH is 1. The van der Waals surface area contributed by atoms with Crippen molar-refractivity contribution in [3.63, 3.8) is 0 Å². The lowest BCUT2D eigenvalue weighted by Crippen LogP contribution is -2.30. The number of hydrogen-bond acceptors (Lipinski definition) is 10. The highest BCUT2D eigenvalue weighted by Crippen LogP contribution is 2.43. The lowest BCUT2D eigenvalue weighted by atomic mass is 10.0. The molecule has 12 heteroatoms. The number of ether oxygens (including phenoxy) is 3. The Morgan fingerprint density at radius 3 is 1.03 bits per heavy atom. The molecule has 0 radical (unpaired) electrons. The third-order valence-electron chi connectivity index (χ3n) is 14.0. The number of aliphatic hydroxyl groups is 1. The fourth-order valence-electron chi connectivity index (χ4n) is 9.15. The Bertz CT molecular complexity index is 1420. The summed E-state index contributed by atoms with van der Waals surface area (Å²) in [7, 11) is -4.75. The van der Waals surface area contributed by atoms with Crippen LogP contribution in [-0.4, -0.2) is 66.5 Å². The first-order valence-corrected chi connectivity index (χ1v) is 33.4. The fraction of sp³-hybridized carbons (Fsp3) is 0.859. The first-order valence-electron chi connectivity index (χ1n) is 31.9. The Kier molecular flexibility index (Phi) is 57.1. The van der Waals surface area contributed by atoms with Gasteiger partial charge in [0.05, 0.1) is 19.8 Å². The third kappa shape index (κ3) is 56.4. The average molecular weight is 1100 g/mol. The molecule has 0 heterocycles. The first kappa shape index (κ1) is 73.7. The molecule has 0 aromatic carbocycles. The number of allylic oxidation sites excluding steroid dienone is 6. The van der Waals surface area contributed by atoms with Gasteiger partial charge in [0.25, 0.3) is 0 Å². The minimum absolute atomic E-state index is 0.166. The third-order valence-corrected chi connectivity index (χ3v) is 15.0. The molecule has 0 saturated heterocycles. The van der Waals surface area contributed by atoms with Crippen molar-refractivity contribution in [3.05, 3.63) is 36.5 Å². The second-order valence-electron chi connectivity index (χ2n) is 21.6. The molecule has 0 aromatic heterocycles. The second-order valence-corrected chi connectivity index (χ2v) is 23.0. The SMILES string of the molecule is CCCCC/C=C\C/C=C\CCCCCCCCCCCC(=O)OC(COC(=O)CCCCCCCCCCCCCCCCCCC)COP(=O)(O)OCC(CO)OC(=O)CCCCCCC/C=C\CCCCCC. The molecule has 0 aliphatic carbocycles. The van der Waals surface area contributed by atoms with Gasteiger partial charge in [-0.2, -0.15) is 0 Å². The van der Waals surface area contributed by atoms with Crippen molar-refractivity contribution >= 4 is 25.7 Å². The zero-order chi connectivity index (χ0) is 55.5. The molecule has 446 valence electrons. The molecule has 3 atom stereocenters. The molecule has 3 unspecified atom stereocenters. The molecule has 0 fully saturated rings. The summed E-state index contributed by atoms with van der Waals surface area (Å²) in [4.78, 5) is 48.7. The topological polar surface area (TPSA) is 155 Å². The Morgan fingerprint density at radius 2 is 0.645 bits per heavy atom. The van der Waals surface area contributed by atoms with E-state index >= 15 is 0 Å². The molecule has 0 bridgehead atoms. The normalized spacial score (nSPS) is 13.5. The van der Waals surface area contributed by atoms with Crippen LogP contribution in [0.25, 0.3) is 0 Å². The van der Waals surface area contributed by atoms with Gasteiger partial charge < -0.3 is 24.2 Å². The van der Waals surface area contributed by atoms with E-state index < -0.39 is 57.8 Å². The molecular weight excluding hydrogens is 976 g/mol. The van der Waals surface area contributed by atoms with Crippen LogP contribution in [0.15, 0.2) is 36.5 Å². The largest absolute Gasteiger partial charge is 0.472 e. The van der Waals surface area contributed by atoms with E-state index in [0.717, 1.165) is 89.9 Å². The smallest absolute Gasteiger partial charge is 0.462 e. The van der Waals surface area contributed by atoms with Gasteiger partial charge in [-0.05, 0) is 77.0 Å². The zero-order valence-corrected chi connectivity index (χ0v) is 50.4. The lowest BCUT2D eigenvalue weighted by molar-refractivity contribution is -0.161. The molecule has 0 aliphatic heterocycles. The van der Waals surface area contributed by atoms with Crippen LogP contribution in [0.1, 0.15) is 316 Å². The van der Waals surface area contributed by atoms with E-state index in [1.807, 2.05) is 0 Å². The van der Waals surface area contributed by atoms with E-state index in [2.05, 4.69) is 57.2 Å². The summed E-state index contributed by atoms with van der Waals surface area (Å²) < 4.78 is 39.7. The summed E-state index contributed by atoms with van der Waals surface area (Å²) in [5, 5.41) is 9.83. The average Bonchev–Trinajstić information content (AvgIpc) is 3.41. The maximum Gasteiger partial charge on any atom is 0.472 e. The van der Waals surface area contributed by atoms with Crippen LogP contribution in [0.2, 0.25) is 0 Å². The van der Waals surface area contributed by atoms with E-state index in [0.29, 0.717) is 19.3 Å². The Labute approximate surface area is 467 Å². The number of esters is 3. The van der Waals surface area contributed by atoms with Crippen molar-refractivity contribution < 1.29 is 52.2 Å². The Balaban J connectivity index is 4.68. The highest BCUT2D eigenvalue weighted by molar-refractivity contribution is 7.47. The van der Waals surface area contributed by atoms with Gasteiger partial charge in [0.1, 0.15) is 12.7 Å². The van der Waals surface area contributed by atoms with Gasteiger partial charge in [-0.25, -0.2) is 4.57 Å². The number of phosphoric acid groups is 1. The van der Waals surface area contributed by atoms with Crippen molar-refractivity contribution in [2.24, 2.45) is 0 Å². The minimum atomic E-state index is -4.75. The van der Waals surface area contributed by atoms with Crippen LogP contribution in [0, 0.1) is 0 Å².